The number of hydrogen-bond acceptors (Lipinski definition) is 3. The van der Waals surface area contributed by atoms with Gasteiger partial charge in [-0.05, 0) is 24.6 Å². The minimum absolute atomic E-state index is 0.640. The van der Waals surface area contributed by atoms with Gasteiger partial charge in [0.2, 0.25) is 0 Å². The molecule has 0 unspecified atom stereocenters. The van der Waals surface area contributed by atoms with Crippen LogP contribution in [0.5, 0.6) is 0 Å². The molecule has 142 valence electrons. The maximum atomic E-state index is 6.07. The number of nitrogens with one attached hydrogen (secondary N) is 1. The van der Waals surface area contributed by atoms with E-state index in [1.54, 1.807) is 13.2 Å². The van der Waals surface area contributed by atoms with Crippen molar-refractivity contribution in [1.82, 2.24) is 29.3 Å². The molecule has 3 rings (SSSR count). The molecule has 0 atom stereocenters. The monoisotopic (exact) mass is 385 g/mol. The number of pyridine rings is 1. The van der Waals surface area contributed by atoms with E-state index in [2.05, 4.69) is 31.2 Å². The van der Waals surface area contributed by atoms with E-state index in [0.29, 0.717) is 13.1 Å². The van der Waals surface area contributed by atoms with E-state index < -0.39 is 0 Å². The lowest BCUT2D eigenvalue weighted by atomic mass is 10.3. The highest BCUT2D eigenvalue weighted by Crippen LogP contribution is 2.14. The summed E-state index contributed by atoms with van der Waals surface area (Å²) in [5.74, 6) is 2.58. The van der Waals surface area contributed by atoms with Crippen molar-refractivity contribution in [2.75, 3.05) is 14.1 Å². The molecule has 0 amide bonds. The summed E-state index contributed by atoms with van der Waals surface area (Å²) in [4.78, 5) is 15.2. The lowest BCUT2D eigenvalue weighted by molar-refractivity contribution is 0.461. The van der Waals surface area contributed by atoms with Crippen molar-refractivity contribution in [3.05, 3.63) is 65.1 Å². The highest BCUT2D eigenvalue weighted by molar-refractivity contribution is 6.30. The number of imidazole rings is 1. The highest BCUT2D eigenvalue weighted by atomic mass is 35.5. The van der Waals surface area contributed by atoms with Crippen molar-refractivity contribution in [3.8, 4) is 5.82 Å². The Morgan fingerprint density at radius 1 is 1.33 bits per heavy atom. The first kappa shape index (κ1) is 19.0. The topological polar surface area (TPSA) is 63.3 Å². The molecule has 7 nitrogen and oxygen atoms in total. The summed E-state index contributed by atoms with van der Waals surface area (Å²) in [5, 5.41) is 4.11. The average molecular weight is 386 g/mol. The predicted molar refractivity (Wildman–Crippen MR) is 108 cm³/mol. The van der Waals surface area contributed by atoms with Gasteiger partial charge in [0.25, 0.3) is 0 Å². The molecular formula is C19H24ClN7. The van der Waals surface area contributed by atoms with Gasteiger partial charge in [0, 0.05) is 58.2 Å². The number of halogens is 1. The third kappa shape index (κ3) is 4.49. The number of aryl methyl sites for hydroxylation is 2. The van der Waals surface area contributed by atoms with Gasteiger partial charge >= 0.3 is 0 Å². The van der Waals surface area contributed by atoms with Gasteiger partial charge in [-0.1, -0.05) is 17.7 Å². The Morgan fingerprint density at radius 2 is 2.15 bits per heavy atom. The van der Waals surface area contributed by atoms with E-state index in [9.17, 15) is 0 Å². The standard InChI is InChI=1S/C19H24ClN7/c1-14-22-7-8-27(14)18-6-5-15(10-23-18)11-24-19(21-2)26(4)13-17-9-16(20)12-25(17)3/h5-10,12H,11,13H2,1-4H3,(H,21,24). The number of aromatic nitrogens is 4. The molecule has 8 heteroatoms. The molecule has 0 aromatic carbocycles. The Kier molecular flexibility index (Phi) is 5.81. The first-order valence-corrected chi connectivity index (χ1v) is 9.03. The molecule has 0 aliphatic carbocycles. The second kappa shape index (κ2) is 8.26. The number of aliphatic imine (C=N–C) groups is 1. The van der Waals surface area contributed by atoms with Crippen molar-refractivity contribution < 1.29 is 0 Å². The van der Waals surface area contributed by atoms with Crippen LogP contribution in [0.3, 0.4) is 0 Å². The summed E-state index contributed by atoms with van der Waals surface area (Å²) in [6.07, 6.45) is 7.44. The fraction of sp³-hybridized carbons (Fsp3) is 0.316. The summed E-state index contributed by atoms with van der Waals surface area (Å²) in [6.45, 7) is 3.30. The minimum Gasteiger partial charge on any atom is -0.352 e. The van der Waals surface area contributed by atoms with Gasteiger partial charge in [-0.25, -0.2) is 9.97 Å². The van der Waals surface area contributed by atoms with E-state index in [1.165, 1.54) is 0 Å². The normalized spacial score (nSPS) is 11.7. The Labute approximate surface area is 164 Å². The summed E-state index contributed by atoms with van der Waals surface area (Å²) >= 11 is 6.07. The van der Waals surface area contributed by atoms with Crippen LogP contribution < -0.4 is 5.32 Å². The molecule has 0 spiro atoms. The number of nitrogens with zero attached hydrogens (tertiary/aromatic N) is 6. The summed E-state index contributed by atoms with van der Waals surface area (Å²) in [6, 6.07) is 6.01. The molecular weight excluding hydrogens is 362 g/mol. The molecule has 0 saturated heterocycles. The van der Waals surface area contributed by atoms with Crippen molar-refractivity contribution in [3.63, 3.8) is 0 Å². The van der Waals surface area contributed by atoms with E-state index >= 15 is 0 Å². The van der Waals surface area contributed by atoms with Crippen molar-refractivity contribution >= 4 is 17.6 Å². The Morgan fingerprint density at radius 3 is 2.70 bits per heavy atom. The summed E-state index contributed by atoms with van der Waals surface area (Å²) in [7, 11) is 5.76. The fourth-order valence-corrected chi connectivity index (χ4v) is 3.16. The number of rotatable bonds is 5. The second-order valence-electron chi connectivity index (χ2n) is 6.39. The average Bonchev–Trinajstić information content (AvgIpc) is 3.21. The van der Waals surface area contributed by atoms with Crippen molar-refractivity contribution in [1.29, 1.82) is 0 Å². The molecule has 3 heterocycles. The van der Waals surface area contributed by atoms with Gasteiger partial charge in [0.1, 0.15) is 11.6 Å². The second-order valence-corrected chi connectivity index (χ2v) is 6.82. The van der Waals surface area contributed by atoms with E-state index in [0.717, 1.165) is 33.9 Å². The maximum Gasteiger partial charge on any atom is 0.194 e. The van der Waals surface area contributed by atoms with Gasteiger partial charge in [0.05, 0.1) is 11.6 Å². The third-order valence-electron chi connectivity index (χ3n) is 4.38. The van der Waals surface area contributed by atoms with Crippen LogP contribution in [0.1, 0.15) is 17.1 Å². The van der Waals surface area contributed by atoms with Crippen LogP contribution in [0, 0.1) is 6.92 Å². The lowest BCUT2D eigenvalue weighted by Gasteiger charge is -2.22. The number of guanidine groups is 1. The van der Waals surface area contributed by atoms with Crippen LogP contribution in [0.4, 0.5) is 0 Å². The van der Waals surface area contributed by atoms with E-state index in [1.807, 2.05) is 60.9 Å². The van der Waals surface area contributed by atoms with Crippen LogP contribution in [0.2, 0.25) is 5.02 Å². The molecule has 0 saturated carbocycles. The largest absolute Gasteiger partial charge is 0.352 e. The summed E-state index contributed by atoms with van der Waals surface area (Å²) in [5.41, 5.74) is 2.19. The van der Waals surface area contributed by atoms with Crippen LogP contribution in [-0.4, -0.2) is 44.1 Å². The predicted octanol–water partition coefficient (Wildman–Crippen LogP) is 2.78. The molecule has 0 aliphatic heterocycles. The lowest BCUT2D eigenvalue weighted by Crippen LogP contribution is -2.38. The Bertz CT molecular complexity index is 924. The van der Waals surface area contributed by atoms with Crippen LogP contribution in [-0.2, 0) is 20.1 Å². The van der Waals surface area contributed by atoms with Crippen LogP contribution in [0.25, 0.3) is 5.82 Å². The quantitative estimate of drug-likeness (QED) is 0.542. The van der Waals surface area contributed by atoms with Crippen LogP contribution in [0.15, 0.2) is 48.0 Å². The minimum atomic E-state index is 0.640. The fourth-order valence-electron chi connectivity index (χ4n) is 2.89. The summed E-state index contributed by atoms with van der Waals surface area (Å²) < 4.78 is 3.97. The zero-order chi connectivity index (χ0) is 19.4. The zero-order valence-corrected chi connectivity index (χ0v) is 16.8. The van der Waals surface area contributed by atoms with Gasteiger partial charge in [-0.15, -0.1) is 0 Å². The molecule has 3 aromatic rings. The molecule has 1 N–H and O–H groups in total. The van der Waals surface area contributed by atoms with E-state index in [-0.39, 0.29) is 0 Å². The van der Waals surface area contributed by atoms with Gasteiger partial charge < -0.3 is 14.8 Å². The Balaban J connectivity index is 1.60. The van der Waals surface area contributed by atoms with Crippen LogP contribution >= 0.6 is 11.6 Å². The first-order chi connectivity index (χ1) is 13.0. The molecule has 0 fully saturated rings. The van der Waals surface area contributed by atoms with Crippen molar-refractivity contribution in [2.45, 2.75) is 20.0 Å². The highest BCUT2D eigenvalue weighted by Gasteiger charge is 2.10. The van der Waals surface area contributed by atoms with Gasteiger partial charge in [0.15, 0.2) is 5.96 Å². The van der Waals surface area contributed by atoms with Gasteiger partial charge in [-0.2, -0.15) is 0 Å². The molecule has 0 radical (unpaired) electrons. The first-order valence-electron chi connectivity index (χ1n) is 8.65. The van der Waals surface area contributed by atoms with Crippen molar-refractivity contribution in [2.24, 2.45) is 12.0 Å². The maximum absolute atomic E-state index is 6.07. The van der Waals surface area contributed by atoms with E-state index in [4.69, 9.17) is 11.6 Å². The molecule has 27 heavy (non-hydrogen) atoms. The molecule has 3 aromatic heterocycles. The Hall–Kier alpha value is -2.80. The zero-order valence-electron chi connectivity index (χ0n) is 16.0. The SMILES string of the molecule is CN=C(NCc1ccc(-n2ccnc2C)nc1)N(C)Cc1cc(Cl)cn1C. The van der Waals surface area contributed by atoms with Gasteiger partial charge in [-0.3, -0.25) is 9.56 Å². The molecule has 0 aliphatic rings. The smallest absolute Gasteiger partial charge is 0.194 e. The molecule has 0 bridgehead atoms. The third-order valence-corrected chi connectivity index (χ3v) is 4.59. The number of hydrogen-bond donors (Lipinski definition) is 1.